The van der Waals surface area contributed by atoms with Gasteiger partial charge >= 0.3 is 0 Å². The zero-order valence-corrected chi connectivity index (χ0v) is 16.2. The molecule has 0 bridgehead atoms. The lowest BCUT2D eigenvalue weighted by Crippen LogP contribution is -2.34. The highest BCUT2D eigenvalue weighted by Gasteiger charge is 2.21. The van der Waals surface area contributed by atoms with Crippen LogP contribution in [0.3, 0.4) is 0 Å². The monoisotopic (exact) mass is 347 g/mol. The van der Waals surface area contributed by atoms with E-state index in [1.54, 1.807) is 0 Å². The Hall–Kier alpha value is -2.13. The normalized spacial score (nSPS) is 16.4. The molecule has 0 spiro atoms. The summed E-state index contributed by atoms with van der Waals surface area (Å²) in [5, 5.41) is 0. The zero-order valence-electron chi connectivity index (χ0n) is 16.2. The highest BCUT2D eigenvalue weighted by molar-refractivity contribution is 5.75. The molecule has 1 aliphatic rings. The summed E-state index contributed by atoms with van der Waals surface area (Å²) in [5.74, 6) is 1.89. The third kappa shape index (κ3) is 3.54. The highest BCUT2D eigenvalue weighted by Crippen LogP contribution is 2.25. The molecule has 0 N–H and O–H groups in total. The molecule has 0 unspecified atom stereocenters. The van der Waals surface area contributed by atoms with Gasteiger partial charge in [0.1, 0.15) is 5.82 Å². The first-order valence-corrected chi connectivity index (χ1v) is 9.80. The van der Waals surface area contributed by atoms with Gasteiger partial charge in [-0.05, 0) is 75.9 Å². The van der Waals surface area contributed by atoms with Gasteiger partial charge in [-0.25, -0.2) is 4.98 Å². The van der Waals surface area contributed by atoms with E-state index in [2.05, 4.69) is 72.7 Å². The van der Waals surface area contributed by atoms with Crippen molar-refractivity contribution >= 4 is 11.0 Å². The van der Waals surface area contributed by atoms with Gasteiger partial charge in [0.05, 0.1) is 11.0 Å². The summed E-state index contributed by atoms with van der Waals surface area (Å²) in [6.45, 7) is 11.1. The highest BCUT2D eigenvalue weighted by atomic mass is 15.1. The van der Waals surface area contributed by atoms with Crippen LogP contribution in [0.4, 0.5) is 0 Å². The van der Waals surface area contributed by atoms with Crippen LogP contribution in [0.25, 0.3) is 11.0 Å². The Morgan fingerprint density at radius 2 is 1.77 bits per heavy atom. The summed E-state index contributed by atoms with van der Waals surface area (Å²) in [7, 11) is 0. The third-order valence-electron chi connectivity index (χ3n) is 5.89. The number of aryl methyl sites for hydroxylation is 3. The molecule has 1 aromatic heterocycles. The van der Waals surface area contributed by atoms with E-state index < -0.39 is 0 Å². The Kier molecular flexibility index (Phi) is 4.82. The molecule has 3 heteroatoms. The van der Waals surface area contributed by atoms with Crippen molar-refractivity contribution in [1.29, 1.82) is 0 Å². The first kappa shape index (κ1) is 17.3. The maximum Gasteiger partial charge on any atom is 0.106 e. The van der Waals surface area contributed by atoms with Gasteiger partial charge in [-0.3, -0.25) is 4.90 Å². The molecule has 2 heterocycles. The molecule has 3 aromatic rings. The van der Waals surface area contributed by atoms with Gasteiger partial charge in [-0.1, -0.05) is 35.9 Å². The molecule has 0 amide bonds. The maximum absolute atomic E-state index is 4.72. The van der Waals surface area contributed by atoms with E-state index in [1.807, 2.05) is 0 Å². The number of aromatic nitrogens is 2. The molecule has 0 saturated carbocycles. The molecular formula is C23H29N3. The van der Waals surface area contributed by atoms with Gasteiger partial charge in [0.15, 0.2) is 0 Å². The summed E-state index contributed by atoms with van der Waals surface area (Å²) in [5.41, 5.74) is 6.67. The van der Waals surface area contributed by atoms with Crippen LogP contribution in [0, 0.1) is 26.7 Å². The number of likely N-dealkylation sites (tertiary alicyclic amines) is 1. The van der Waals surface area contributed by atoms with Crippen molar-refractivity contribution in [1.82, 2.24) is 14.5 Å². The predicted molar refractivity (Wildman–Crippen MR) is 108 cm³/mol. The predicted octanol–water partition coefficient (Wildman–Crippen LogP) is 4.87. The van der Waals surface area contributed by atoms with E-state index in [0.717, 1.165) is 30.3 Å². The number of fused-ring (bicyclic) bond motifs is 1. The first-order chi connectivity index (χ1) is 12.6. The van der Waals surface area contributed by atoms with Crippen LogP contribution in [0.1, 0.15) is 35.4 Å². The van der Waals surface area contributed by atoms with Crippen molar-refractivity contribution in [2.24, 2.45) is 5.92 Å². The minimum Gasteiger partial charge on any atom is -0.328 e. The largest absolute Gasteiger partial charge is 0.328 e. The SMILES string of the molecule is Cc1ccc(C)c(CN2CCC(Cn3c(C)nc4ccccc43)CC2)c1. The number of hydrogen-bond acceptors (Lipinski definition) is 2. The molecule has 1 fully saturated rings. The van der Waals surface area contributed by atoms with E-state index in [-0.39, 0.29) is 0 Å². The number of piperidine rings is 1. The Morgan fingerprint density at radius 3 is 2.58 bits per heavy atom. The van der Waals surface area contributed by atoms with Crippen molar-refractivity contribution in [2.75, 3.05) is 13.1 Å². The van der Waals surface area contributed by atoms with E-state index in [9.17, 15) is 0 Å². The second kappa shape index (κ2) is 7.24. The molecule has 1 aliphatic heterocycles. The van der Waals surface area contributed by atoms with Crippen molar-refractivity contribution in [3.8, 4) is 0 Å². The number of imidazole rings is 1. The summed E-state index contributed by atoms with van der Waals surface area (Å²) >= 11 is 0. The Bertz CT molecular complexity index is 901. The van der Waals surface area contributed by atoms with E-state index >= 15 is 0 Å². The second-order valence-corrected chi connectivity index (χ2v) is 7.91. The van der Waals surface area contributed by atoms with Gasteiger partial charge in [0.25, 0.3) is 0 Å². The lowest BCUT2D eigenvalue weighted by molar-refractivity contribution is 0.167. The fourth-order valence-corrected chi connectivity index (χ4v) is 4.22. The van der Waals surface area contributed by atoms with Crippen molar-refractivity contribution < 1.29 is 0 Å². The molecule has 0 aliphatic carbocycles. The van der Waals surface area contributed by atoms with E-state index in [4.69, 9.17) is 4.98 Å². The minimum atomic E-state index is 0.751. The number of benzene rings is 2. The fraction of sp³-hybridized carbons (Fsp3) is 0.435. The lowest BCUT2D eigenvalue weighted by Gasteiger charge is -2.32. The van der Waals surface area contributed by atoms with Gasteiger partial charge in [0, 0.05) is 13.1 Å². The minimum absolute atomic E-state index is 0.751. The van der Waals surface area contributed by atoms with E-state index in [1.165, 1.54) is 48.1 Å². The van der Waals surface area contributed by atoms with Crippen molar-refractivity contribution in [2.45, 2.75) is 46.7 Å². The van der Waals surface area contributed by atoms with E-state index in [0.29, 0.717) is 0 Å². The van der Waals surface area contributed by atoms with Crippen LogP contribution in [0.2, 0.25) is 0 Å². The zero-order chi connectivity index (χ0) is 18.1. The quantitative estimate of drug-likeness (QED) is 0.671. The van der Waals surface area contributed by atoms with Gasteiger partial charge in [-0.2, -0.15) is 0 Å². The molecule has 26 heavy (non-hydrogen) atoms. The molecule has 4 rings (SSSR count). The molecule has 136 valence electrons. The average molecular weight is 348 g/mol. The number of nitrogens with zero attached hydrogens (tertiary/aromatic N) is 3. The number of para-hydroxylation sites is 2. The van der Waals surface area contributed by atoms with Crippen LogP contribution in [0.15, 0.2) is 42.5 Å². The summed E-state index contributed by atoms with van der Waals surface area (Å²) < 4.78 is 2.42. The Morgan fingerprint density at radius 1 is 1.00 bits per heavy atom. The van der Waals surface area contributed by atoms with Crippen molar-refractivity contribution in [3.63, 3.8) is 0 Å². The van der Waals surface area contributed by atoms with Gasteiger partial charge < -0.3 is 4.57 Å². The maximum atomic E-state index is 4.72. The first-order valence-electron chi connectivity index (χ1n) is 9.80. The molecule has 0 radical (unpaired) electrons. The van der Waals surface area contributed by atoms with Crippen LogP contribution < -0.4 is 0 Å². The topological polar surface area (TPSA) is 21.1 Å². The average Bonchev–Trinajstić information content (AvgIpc) is 2.95. The summed E-state index contributed by atoms with van der Waals surface area (Å²) in [6.07, 6.45) is 2.55. The van der Waals surface area contributed by atoms with Crippen LogP contribution >= 0.6 is 0 Å². The molecule has 3 nitrogen and oxygen atoms in total. The second-order valence-electron chi connectivity index (χ2n) is 7.91. The standard InChI is InChI=1S/C23H29N3/c1-17-8-9-18(2)21(14-17)16-25-12-10-20(11-13-25)15-26-19(3)24-22-6-4-5-7-23(22)26/h4-9,14,20H,10-13,15-16H2,1-3H3. The molecule has 1 saturated heterocycles. The Labute approximate surface area is 156 Å². The van der Waals surface area contributed by atoms with Crippen molar-refractivity contribution in [3.05, 3.63) is 65.0 Å². The van der Waals surface area contributed by atoms with Crippen LogP contribution in [-0.4, -0.2) is 27.5 Å². The van der Waals surface area contributed by atoms with Gasteiger partial charge in [-0.15, -0.1) is 0 Å². The summed E-state index contributed by atoms with van der Waals surface area (Å²) in [6, 6.07) is 15.3. The fourth-order valence-electron chi connectivity index (χ4n) is 4.22. The number of rotatable bonds is 4. The third-order valence-corrected chi connectivity index (χ3v) is 5.89. The number of hydrogen-bond donors (Lipinski definition) is 0. The lowest BCUT2D eigenvalue weighted by atomic mass is 9.95. The van der Waals surface area contributed by atoms with Gasteiger partial charge in [0.2, 0.25) is 0 Å². The molecule has 0 atom stereocenters. The summed E-state index contributed by atoms with van der Waals surface area (Å²) in [4.78, 5) is 7.34. The molecular weight excluding hydrogens is 318 g/mol. The smallest absolute Gasteiger partial charge is 0.106 e. The Balaban J connectivity index is 1.39. The van der Waals surface area contributed by atoms with Crippen LogP contribution in [-0.2, 0) is 13.1 Å². The van der Waals surface area contributed by atoms with Crippen LogP contribution in [0.5, 0.6) is 0 Å². The molecule has 2 aromatic carbocycles.